The number of rotatable bonds is 5. The quantitative estimate of drug-likeness (QED) is 0.795. The Balaban J connectivity index is 0.00000200. The molecule has 2 aromatic rings. The van der Waals surface area contributed by atoms with Crippen molar-refractivity contribution >= 4 is 29.9 Å². The van der Waals surface area contributed by atoms with Gasteiger partial charge in [-0.25, -0.2) is 0 Å². The van der Waals surface area contributed by atoms with E-state index in [-0.39, 0.29) is 18.3 Å². The van der Waals surface area contributed by atoms with E-state index in [1.807, 2.05) is 0 Å². The number of hydrogen-bond donors (Lipinski definition) is 2. The first-order valence-electron chi connectivity index (χ1n) is 5.73. The molecule has 0 saturated carbocycles. The smallest absolute Gasteiger partial charge is 0.253 e. The molecule has 0 fully saturated rings. The second-order valence-electron chi connectivity index (χ2n) is 3.81. The molecule has 0 radical (unpaired) electrons. The molecule has 7 nitrogen and oxygen atoms in total. The molecule has 0 spiro atoms. The van der Waals surface area contributed by atoms with Crippen molar-refractivity contribution in [1.82, 2.24) is 25.5 Å². The summed E-state index contributed by atoms with van der Waals surface area (Å²) in [7, 11) is 0. The zero-order valence-electron chi connectivity index (χ0n) is 10.5. The van der Waals surface area contributed by atoms with Gasteiger partial charge in [-0.1, -0.05) is 11.6 Å². The first kappa shape index (κ1) is 16.4. The van der Waals surface area contributed by atoms with E-state index < -0.39 is 0 Å². The fourth-order valence-electron chi connectivity index (χ4n) is 1.56. The van der Waals surface area contributed by atoms with Crippen molar-refractivity contribution in [2.45, 2.75) is 6.42 Å². The van der Waals surface area contributed by atoms with Crippen LogP contribution in [0.1, 0.15) is 16.8 Å². The van der Waals surface area contributed by atoms with Gasteiger partial charge < -0.3 is 11.1 Å². The monoisotopic (exact) mass is 316 g/mol. The minimum absolute atomic E-state index is 0. The molecule has 0 aliphatic carbocycles. The van der Waals surface area contributed by atoms with Gasteiger partial charge in [-0.05, 0) is 41.6 Å². The second-order valence-corrected chi connectivity index (χ2v) is 4.25. The van der Waals surface area contributed by atoms with Crippen molar-refractivity contribution in [3.8, 4) is 5.69 Å². The number of halogens is 2. The number of amides is 1. The van der Waals surface area contributed by atoms with Gasteiger partial charge in [0.15, 0.2) is 0 Å². The summed E-state index contributed by atoms with van der Waals surface area (Å²) in [5.41, 5.74) is 6.36. The van der Waals surface area contributed by atoms with Gasteiger partial charge in [-0.15, -0.1) is 17.5 Å². The van der Waals surface area contributed by atoms with Crippen LogP contribution in [0.3, 0.4) is 0 Å². The number of tetrazole rings is 1. The highest BCUT2D eigenvalue weighted by molar-refractivity contribution is 6.31. The zero-order valence-corrected chi connectivity index (χ0v) is 12.1. The van der Waals surface area contributed by atoms with Crippen LogP contribution < -0.4 is 11.1 Å². The molecule has 1 aromatic carbocycles. The van der Waals surface area contributed by atoms with Gasteiger partial charge in [-0.3, -0.25) is 4.79 Å². The zero-order chi connectivity index (χ0) is 13.7. The molecule has 1 amide bonds. The third-order valence-corrected chi connectivity index (χ3v) is 2.70. The van der Waals surface area contributed by atoms with Gasteiger partial charge in [0.25, 0.3) is 5.91 Å². The highest BCUT2D eigenvalue weighted by Gasteiger charge is 2.14. The predicted octanol–water partition coefficient (Wildman–Crippen LogP) is 0.816. The molecule has 9 heteroatoms. The molecule has 0 unspecified atom stereocenters. The molecule has 1 heterocycles. The first-order valence-corrected chi connectivity index (χ1v) is 6.11. The molecule has 0 aliphatic rings. The standard InChI is InChI=1S/C11H13ClN6O.ClH/c12-8-2-3-10(18-7-15-16-17-18)9(6-8)11(19)14-5-1-4-13;/h2-3,6-7H,1,4-5,13H2,(H,14,19);1H. The Morgan fingerprint density at radius 2 is 2.25 bits per heavy atom. The van der Waals surface area contributed by atoms with Crippen LogP contribution in [0.4, 0.5) is 0 Å². The fourth-order valence-corrected chi connectivity index (χ4v) is 1.73. The fraction of sp³-hybridized carbons (Fsp3) is 0.273. The van der Waals surface area contributed by atoms with Crippen molar-refractivity contribution in [1.29, 1.82) is 0 Å². The Hall–Kier alpha value is -1.70. The SMILES string of the molecule is Cl.NCCCNC(=O)c1cc(Cl)ccc1-n1cnnn1. The summed E-state index contributed by atoms with van der Waals surface area (Å²) in [6.07, 6.45) is 2.13. The minimum atomic E-state index is -0.235. The number of carbonyl (C=O) groups excluding carboxylic acids is 1. The van der Waals surface area contributed by atoms with Gasteiger partial charge in [-0.2, -0.15) is 4.68 Å². The van der Waals surface area contributed by atoms with E-state index in [0.29, 0.717) is 35.8 Å². The summed E-state index contributed by atoms with van der Waals surface area (Å²) < 4.78 is 1.41. The largest absolute Gasteiger partial charge is 0.352 e. The molecule has 3 N–H and O–H groups in total. The van der Waals surface area contributed by atoms with Gasteiger partial charge in [0.1, 0.15) is 6.33 Å². The Morgan fingerprint density at radius 1 is 1.45 bits per heavy atom. The van der Waals surface area contributed by atoms with Crippen LogP contribution in [0.2, 0.25) is 5.02 Å². The van der Waals surface area contributed by atoms with Crippen molar-refractivity contribution in [3.63, 3.8) is 0 Å². The molecule has 0 bridgehead atoms. The number of hydrogen-bond acceptors (Lipinski definition) is 5. The highest BCUT2D eigenvalue weighted by atomic mass is 35.5. The van der Waals surface area contributed by atoms with E-state index in [9.17, 15) is 4.79 Å². The van der Waals surface area contributed by atoms with Crippen molar-refractivity contribution in [2.75, 3.05) is 13.1 Å². The summed E-state index contributed by atoms with van der Waals surface area (Å²) in [5.74, 6) is -0.235. The van der Waals surface area contributed by atoms with Gasteiger partial charge in [0.2, 0.25) is 0 Å². The molecule has 108 valence electrons. The number of nitrogens with zero attached hydrogens (tertiary/aromatic N) is 4. The van der Waals surface area contributed by atoms with E-state index >= 15 is 0 Å². The third-order valence-electron chi connectivity index (χ3n) is 2.47. The normalized spacial score (nSPS) is 9.90. The Kier molecular flexibility index (Phi) is 6.37. The number of nitrogens with two attached hydrogens (primary N) is 1. The maximum Gasteiger partial charge on any atom is 0.253 e. The van der Waals surface area contributed by atoms with Gasteiger partial charge in [0, 0.05) is 11.6 Å². The molecule has 20 heavy (non-hydrogen) atoms. The van der Waals surface area contributed by atoms with Crippen molar-refractivity contribution in [3.05, 3.63) is 35.1 Å². The molecule has 2 rings (SSSR count). The number of nitrogens with one attached hydrogen (secondary N) is 1. The highest BCUT2D eigenvalue weighted by Crippen LogP contribution is 2.18. The predicted molar refractivity (Wildman–Crippen MR) is 77.4 cm³/mol. The summed E-state index contributed by atoms with van der Waals surface area (Å²) in [6.45, 7) is 1.03. The Morgan fingerprint density at radius 3 is 2.90 bits per heavy atom. The third kappa shape index (κ3) is 3.89. The van der Waals surface area contributed by atoms with E-state index in [4.69, 9.17) is 17.3 Å². The Labute approximate surface area is 126 Å². The molecule has 0 aliphatic heterocycles. The van der Waals surface area contributed by atoms with Crippen LogP contribution in [-0.2, 0) is 0 Å². The molecule has 0 atom stereocenters. The summed E-state index contributed by atoms with van der Waals surface area (Å²) >= 11 is 5.92. The van der Waals surface area contributed by atoms with Crippen LogP contribution in [-0.4, -0.2) is 39.2 Å². The average molecular weight is 317 g/mol. The lowest BCUT2D eigenvalue weighted by Gasteiger charge is -2.09. The lowest BCUT2D eigenvalue weighted by Crippen LogP contribution is -2.27. The van der Waals surface area contributed by atoms with E-state index in [0.717, 1.165) is 0 Å². The minimum Gasteiger partial charge on any atom is -0.352 e. The lowest BCUT2D eigenvalue weighted by molar-refractivity contribution is 0.0953. The van der Waals surface area contributed by atoms with E-state index in [1.54, 1.807) is 18.2 Å². The topological polar surface area (TPSA) is 98.7 Å². The molecular weight excluding hydrogens is 303 g/mol. The maximum atomic E-state index is 12.1. The second kappa shape index (κ2) is 7.78. The van der Waals surface area contributed by atoms with Crippen LogP contribution in [0.25, 0.3) is 5.69 Å². The first-order chi connectivity index (χ1) is 9.22. The lowest BCUT2D eigenvalue weighted by atomic mass is 10.1. The van der Waals surface area contributed by atoms with Crippen LogP contribution in [0, 0.1) is 0 Å². The molecule has 0 saturated heterocycles. The van der Waals surface area contributed by atoms with Gasteiger partial charge in [0.05, 0.1) is 11.3 Å². The van der Waals surface area contributed by atoms with Crippen LogP contribution in [0.5, 0.6) is 0 Å². The van der Waals surface area contributed by atoms with E-state index in [1.165, 1.54) is 11.0 Å². The number of aromatic nitrogens is 4. The maximum absolute atomic E-state index is 12.1. The molecular formula is C11H14Cl2N6O. The van der Waals surface area contributed by atoms with Crippen molar-refractivity contribution < 1.29 is 4.79 Å². The molecule has 1 aromatic heterocycles. The van der Waals surface area contributed by atoms with Crippen LogP contribution in [0.15, 0.2) is 24.5 Å². The summed E-state index contributed by atoms with van der Waals surface area (Å²) in [5, 5.41) is 14.1. The number of carbonyl (C=O) groups is 1. The van der Waals surface area contributed by atoms with Crippen molar-refractivity contribution in [2.24, 2.45) is 5.73 Å². The summed E-state index contributed by atoms with van der Waals surface area (Å²) in [4.78, 5) is 12.1. The number of benzene rings is 1. The Bertz CT molecular complexity index is 560. The van der Waals surface area contributed by atoms with Crippen LogP contribution >= 0.6 is 24.0 Å². The van der Waals surface area contributed by atoms with E-state index in [2.05, 4.69) is 20.8 Å². The van der Waals surface area contributed by atoms with Gasteiger partial charge >= 0.3 is 0 Å². The summed E-state index contributed by atoms with van der Waals surface area (Å²) in [6, 6.07) is 4.95. The average Bonchev–Trinajstić information content (AvgIpc) is 2.92.